The van der Waals surface area contributed by atoms with Crippen LogP contribution < -0.4 is 0 Å². The third-order valence-electron chi connectivity index (χ3n) is 9.53. The van der Waals surface area contributed by atoms with Crippen LogP contribution >= 0.6 is 0 Å². The van der Waals surface area contributed by atoms with Crippen molar-refractivity contribution in [3.8, 4) is 34.2 Å². The third-order valence-corrected chi connectivity index (χ3v) is 9.53. The van der Waals surface area contributed by atoms with Crippen LogP contribution in [0.2, 0.25) is 0 Å². The van der Waals surface area contributed by atoms with Gasteiger partial charge >= 0.3 is 0 Å². The molecule has 0 amide bonds. The van der Waals surface area contributed by atoms with Crippen LogP contribution in [0.1, 0.15) is 0 Å². The van der Waals surface area contributed by atoms with Crippen molar-refractivity contribution in [1.82, 2.24) is 19.1 Å². The van der Waals surface area contributed by atoms with Crippen molar-refractivity contribution < 1.29 is 0 Å². The Kier molecular flexibility index (Phi) is 5.84. The van der Waals surface area contributed by atoms with E-state index >= 15 is 0 Å². The molecule has 0 saturated heterocycles. The highest BCUT2D eigenvalue weighted by Gasteiger charge is 2.22. The Bertz CT molecular complexity index is 2820. The Morgan fingerprint density at radius 3 is 1.69 bits per heavy atom. The number of fused-ring (bicyclic) bond motifs is 8. The van der Waals surface area contributed by atoms with Gasteiger partial charge in [-0.25, -0.2) is 9.97 Å². The monoisotopic (exact) mass is 612 g/mol. The summed E-state index contributed by atoms with van der Waals surface area (Å²) in [4.78, 5) is 10.6. The SMILES string of the molecule is c1ccc(-c2cc(-n3c4ccccc4c4c5c6ccccc6n(-c6ccccc6)c5ccc43)nc(-c3cccc4ccccc34)n2)cc1. The fourth-order valence-corrected chi connectivity index (χ4v) is 7.47. The summed E-state index contributed by atoms with van der Waals surface area (Å²) in [6.07, 6.45) is 0. The van der Waals surface area contributed by atoms with E-state index in [4.69, 9.17) is 9.97 Å². The van der Waals surface area contributed by atoms with Gasteiger partial charge in [-0.1, -0.05) is 127 Å². The largest absolute Gasteiger partial charge is 0.309 e. The van der Waals surface area contributed by atoms with Crippen molar-refractivity contribution in [2.45, 2.75) is 0 Å². The van der Waals surface area contributed by atoms with Crippen molar-refractivity contribution in [2.24, 2.45) is 0 Å². The molecule has 0 radical (unpaired) electrons. The van der Waals surface area contributed by atoms with E-state index < -0.39 is 0 Å². The van der Waals surface area contributed by atoms with Gasteiger partial charge in [-0.05, 0) is 47.2 Å². The molecule has 0 unspecified atom stereocenters. The molecular formula is C44H28N4. The molecule has 10 aromatic rings. The Morgan fingerprint density at radius 1 is 0.396 bits per heavy atom. The summed E-state index contributed by atoms with van der Waals surface area (Å²) in [6, 6.07) is 60.0. The number of benzene rings is 7. The van der Waals surface area contributed by atoms with Gasteiger partial charge in [0.05, 0.1) is 27.8 Å². The molecule has 0 saturated carbocycles. The van der Waals surface area contributed by atoms with Crippen LogP contribution in [0.3, 0.4) is 0 Å². The number of para-hydroxylation sites is 3. The maximum Gasteiger partial charge on any atom is 0.162 e. The number of nitrogens with zero attached hydrogens (tertiary/aromatic N) is 4. The van der Waals surface area contributed by atoms with Crippen molar-refractivity contribution in [1.29, 1.82) is 0 Å². The van der Waals surface area contributed by atoms with Gasteiger partial charge in [0, 0.05) is 44.4 Å². The molecule has 224 valence electrons. The van der Waals surface area contributed by atoms with E-state index in [1.807, 2.05) is 6.07 Å². The molecular weight excluding hydrogens is 585 g/mol. The summed E-state index contributed by atoms with van der Waals surface area (Å²) in [5, 5.41) is 7.19. The van der Waals surface area contributed by atoms with E-state index in [0.29, 0.717) is 5.82 Å². The highest BCUT2D eigenvalue weighted by molar-refractivity contribution is 6.28. The quantitative estimate of drug-likeness (QED) is 0.198. The number of hydrogen-bond acceptors (Lipinski definition) is 2. The topological polar surface area (TPSA) is 35.6 Å². The van der Waals surface area contributed by atoms with Crippen molar-refractivity contribution in [3.05, 3.63) is 170 Å². The first-order valence-electron chi connectivity index (χ1n) is 16.3. The molecule has 0 N–H and O–H groups in total. The first kappa shape index (κ1) is 26.7. The number of rotatable bonds is 4. The van der Waals surface area contributed by atoms with Crippen LogP contribution in [0.5, 0.6) is 0 Å². The first-order chi connectivity index (χ1) is 23.8. The third kappa shape index (κ3) is 3.96. The molecule has 4 heteroatoms. The lowest BCUT2D eigenvalue weighted by Crippen LogP contribution is -2.02. The summed E-state index contributed by atoms with van der Waals surface area (Å²) >= 11 is 0. The predicted molar refractivity (Wildman–Crippen MR) is 199 cm³/mol. The van der Waals surface area contributed by atoms with E-state index in [2.05, 4.69) is 173 Å². The minimum absolute atomic E-state index is 0.704. The molecule has 0 bridgehead atoms. The second-order valence-corrected chi connectivity index (χ2v) is 12.2. The van der Waals surface area contributed by atoms with Gasteiger partial charge in [0.2, 0.25) is 0 Å². The Hall–Kier alpha value is -6.52. The zero-order valence-corrected chi connectivity index (χ0v) is 26.0. The minimum atomic E-state index is 0.704. The highest BCUT2D eigenvalue weighted by atomic mass is 15.1. The molecule has 0 aliphatic carbocycles. The summed E-state index contributed by atoms with van der Waals surface area (Å²) in [5.74, 6) is 1.54. The zero-order valence-electron chi connectivity index (χ0n) is 26.0. The van der Waals surface area contributed by atoms with Crippen molar-refractivity contribution >= 4 is 54.4 Å². The Balaban J connectivity index is 1.33. The summed E-state index contributed by atoms with van der Waals surface area (Å²) in [7, 11) is 0. The van der Waals surface area contributed by atoms with Gasteiger partial charge < -0.3 is 4.57 Å². The zero-order chi connectivity index (χ0) is 31.6. The minimum Gasteiger partial charge on any atom is -0.309 e. The van der Waals surface area contributed by atoms with E-state index in [1.54, 1.807) is 0 Å². The smallest absolute Gasteiger partial charge is 0.162 e. The number of hydrogen-bond donors (Lipinski definition) is 0. The summed E-state index contributed by atoms with van der Waals surface area (Å²) in [5.41, 5.74) is 8.69. The molecule has 10 rings (SSSR count). The average molecular weight is 613 g/mol. The Morgan fingerprint density at radius 2 is 0.958 bits per heavy atom. The molecule has 4 nitrogen and oxygen atoms in total. The van der Waals surface area contributed by atoms with Gasteiger partial charge in [-0.2, -0.15) is 0 Å². The molecule has 0 spiro atoms. The van der Waals surface area contributed by atoms with Gasteiger partial charge in [-0.15, -0.1) is 0 Å². The first-order valence-corrected chi connectivity index (χ1v) is 16.3. The maximum absolute atomic E-state index is 5.36. The molecule has 0 atom stereocenters. The normalized spacial score (nSPS) is 11.8. The second-order valence-electron chi connectivity index (χ2n) is 12.2. The maximum atomic E-state index is 5.36. The molecule has 0 aliphatic rings. The van der Waals surface area contributed by atoms with E-state index in [1.165, 1.54) is 38.0 Å². The van der Waals surface area contributed by atoms with E-state index in [-0.39, 0.29) is 0 Å². The van der Waals surface area contributed by atoms with Crippen LogP contribution in [0.4, 0.5) is 0 Å². The Labute approximate surface area is 276 Å². The second kappa shape index (κ2) is 10.5. The van der Waals surface area contributed by atoms with E-state index in [9.17, 15) is 0 Å². The standard InChI is InChI=1S/C44H28N4/c1-3-15-30(16-4-1)36-28-41(46-44(45-36)33-23-13-17-29-14-7-8-20-32(29)33)48-38-25-12-10-22-35(38)43-40(48)27-26-39-42(43)34-21-9-11-24-37(34)47(39)31-18-5-2-6-19-31/h1-28H. The molecule has 7 aromatic carbocycles. The molecule has 3 heterocycles. The lowest BCUT2D eigenvalue weighted by atomic mass is 10.0. The van der Waals surface area contributed by atoms with Crippen LogP contribution in [0.25, 0.3) is 88.5 Å². The molecule has 0 fully saturated rings. The van der Waals surface area contributed by atoms with Gasteiger partial charge in [0.15, 0.2) is 5.82 Å². The molecule has 0 aliphatic heterocycles. The lowest BCUT2D eigenvalue weighted by Gasteiger charge is -2.13. The van der Waals surface area contributed by atoms with Gasteiger partial charge in [0.1, 0.15) is 5.82 Å². The van der Waals surface area contributed by atoms with Gasteiger partial charge in [-0.3, -0.25) is 4.57 Å². The van der Waals surface area contributed by atoms with Crippen molar-refractivity contribution in [2.75, 3.05) is 0 Å². The van der Waals surface area contributed by atoms with Crippen LogP contribution in [0, 0.1) is 0 Å². The summed E-state index contributed by atoms with van der Waals surface area (Å²) in [6.45, 7) is 0. The molecule has 48 heavy (non-hydrogen) atoms. The van der Waals surface area contributed by atoms with Gasteiger partial charge in [0.25, 0.3) is 0 Å². The lowest BCUT2D eigenvalue weighted by molar-refractivity contribution is 1.05. The summed E-state index contributed by atoms with van der Waals surface area (Å²) < 4.78 is 4.70. The fraction of sp³-hybridized carbons (Fsp3) is 0. The van der Waals surface area contributed by atoms with Crippen LogP contribution in [0.15, 0.2) is 170 Å². The number of aromatic nitrogens is 4. The van der Waals surface area contributed by atoms with Crippen LogP contribution in [-0.4, -0.2) is 19.1 Å². The van der Waals surface area contributed by atoms with Crippen molar-refractivity contribution in [3.63, 3.8) is 0 Å². The van der Waals surface area contributed by atoms with Crippen LogP contribution in [-0.2, 0) is 0 Å². The average Bonchev–Trinajstić information content (AvgIpc) is 3.68. The highest BCUT2D eigenvalue weighted by Crippen LogP contribution is 2.42. The fourth-order valence-electron chi connectivity index (χ4n) is 7.47. The molecule has 3 aromatic heterocycles. The van der Waals surface area contributed by atoms with E-state index in [0.717, 1.165) is 44.7 Å². The predicted octanol–water partition coefficient (Wildman–Crippen LogP) is 11.2.